The molecule has 1 aliphatic rings. The Bertz CT molecular complexity index is 989. The molecule has 1 aromatic heterocycles. The first-order valence-electron chi connectivity index (χ1n) is 8.32. The number of nitrogens with zero attached hydrogens (tertiary/aromatic N) is 4. The fourth-order valence-corrected chi connectivity index (χ4v) is 3.24. The van der Waals surface area contributed by atoms with Crippen LogP contribution >= 0.6 is 0 Å². The molecule has 0 fully saturated rings. The van der Waals surface area contributed by atoms with E-state index in [0.717, 1.165) is 28.9 Å². The first kappa shape index (κ1) is 16.0. The maximum absolute atomic E-state index is 11.8. The van der Waals surface area contributed by atoms with Gasteiger partial charge in [0.25, 0.3) is 0 Å². The lowest BCUT2D eigenvalue weighted by molar-refractivity contribution is -0.383. The van der Waals surface area contributed by atoms with E-state index in [2.05, 4.69) is 15.3 Å². The highest BCUT2D eigenvalue weighted by molar-refractivity contribution is 5.80. The molecule has 0 spiro atoms. The second-order valence-electron chi connectivity index (χ2n) is 6.18. The lowest BCUT2D eigenvalue weighted by Gasteiger charge is -2.19. The van der Waals surface area contributed by atoms with E-state index in [4.69, 9.17) is 0 Å². The van der Waals surface area contributed by atoms with E-state index in [1.165, 1.54) is 6.33 Å². The van der Waals surface area contributed by atoms with Crippen LogP contribution in [0.4, 0.5) is 28.7 Å². The molecule has 130 valence electrons. The van der Waals surface area contributed by atoms with Crippen molar-refractivity contribution >= 4 is 28.7 Å². The zero-order chi connectivity index (χ0) is 18.1. The monoisotopic (exact) mass is 347 g/mol. The van der Waals surface area contributed by atoms with Crippen molar-refractivity contribution in [2.45, 2.75) is 13.3 Å². The van der Waals surface area contributed by atoms with Gasteiger partial charge in [0.1, 0.15) is 6.33 Å². The molecule has 0 saturated carbocycles. The second-order valence-corrected chi connectivity index (χ2v) is 6.18. The van der Waals surface area contributed by atoms with Crippen LogP contribution in [0.3, 0.4) is 0 Å². The quantitative estimate of drug-likeness (QED) is 0.564. The minimum atomic E-state index is -0.422. The molecule has 2 aromatic carbocycles. The molecule has 0 amide bonds. The molecule has 0 radical (unpaired) electrons. The zero-order valence-corrected chi connectivity index (χ0v) is 14.2. The summed E-state index contributed by atoms with van der Waals surface area (Å²) in [4.78, 5) is 21.6. The Labute approximate surface area is 150 Å². The predicted molar refractivity (Wildman–Crippen MR) is 100 cm³/mol. The van der Waals surface area contributed by atoms with Gasteiger partial charge in [-0.05, 0) is 42.7 Å². The van der Waals surface area contributed by atoms with Gasteiger partial charge < -0.3 is 10.2 Å². The van der Waals surface area contributed by atoms with Gasteiger partial charge in [-0.3, -0.25) is 10.1 Å². The Kier molecular flexibility index (Phi) is 3.96. The van der Waals surface area contributed by atoms with E-state index in [1.807, 2.05) is 60.4 Å². The van der Waals surface area contributed by atoms with Crippen LogP contribution in [0.15, 0.2) is 54.9 Å². The standard InChI is InChI=1S/C19H17N5O2/c1-13-5-4-7-15(11-13)22-18-17(24(25)26)19(21-12-20-18)23-10-9-14-6-2-3-8-16(14)23/h2-8,11-12H,9-10H2,1H3,(H,20,21,22). The molecule has 1 N–H and O–H groups in total. The van der Waals surface area contributed by atoms with Crippen LogP contribution < -0.4 is 10.2 Å². The van der Waals surface area contributed by atoms with Crippen molar-refractivity contribution in [3.05, 3.63) is 76.1 Å². The number of aromatic nitrogens is 2. The largest absolute Gasteiger partial charge is 0.354 e. The van der Waals surface area contributed by atoms with Gasteiger partial charge in [0.05, 0.1) is 4.92 Å². The number of hydrogen-bond acceptors (Lipinski definition) is 6. The summed E-state index contributed by atoms with van der Waals surface area (Å²) in [6, 6.07) is 15.5. The molecule has 0 saturated heterocycles. The highest BCUT2D eigenvalue weighted by Gasteiger charge is 2.31. The van der Waals surface area contributed by atoms with Crippen molar-refractivity contribution in [3.63, 3.8) is 0 Å². The first-order chi connectivity index (χ1) is 12.6. The van der Waals surface area contributed by atoms with E-state index in [1.54, 1.807) is 0 Å². The van der Waals surface area contributed by atoms with E-state index in [9.17, 15) is 10.1 Å². The third-order valence-electron chi connectivity index (χ3n) is 4.41. The van der Waals surface area contributed by atoms with E-state index in [0.29, 0.717) is 12.4 Å². The lowest BCUT2D eigenvalue weighted by Crippen LogP contribution is -2.17. The maximum Gasteiger partial charge on any atom is 0.354 e. The highest BCUT2D eigenvalue weighted by Crippen LogP contribution is 2.40. The van der Waals surface area contributed by atoms with Crippen molar-refractivity contribution in [2.75, 3.05) is 16.8 Å². The molecule has 0 aliphatic carbocycles. The predicted octanol–water partition coefficient (Wildman–Crippen LogP) is 4.13. The van der Waals surface area contributed by atoms with Gasteiger partial charge in [-0.25, -0.2) is 9.97 Å². The summed E-state index contributed by atoms with van der Waals surface area (Å²) in [5.74, 6) is 0.500. The van der Waals surface area contributed by atoms with Gasteiger partial charge in [-0.15, -0.1) is 0 Å². The lowest BCUT2D eigenvalue weighted by atomic mass is 10.2. The van der Waals surface area contributed by atoms with Gasteiger partial charge in [0.15, 0.2) is 0 Å². The smallest absolute Gasteiger partial charge is 0.334 e. The van der Waals surface area contributed by atoms with Crippen LogP contribution in [0.25, 0.3) is 0 Å². The van der Waals surface area contributed by atoms with Crippen LogP contribution in [0.5, 0.6) is 0 Å². The molecule has 0 atom stereocenters. The number of nitro groups is 1. The van der Waals surface area contributed by atoms with Gasteiger partial charge in [-0.1, -0.05) is 30.3 Å². The fourth-order valence-electron chi connectivity index (χ4n) is 3.24. The van der Waals surface area contributed by atoms with E-state index < -0.39 is 4.92 Å². The number of para-hydroxylation sites is 1. The average Bonchev–Trinajstić information content (AvgIpc) is 3.05. The van der Waals surface area contributed by atoms with Gasteiger partial charge in [-0.2, -0.15) is 0 Å². The summed E-state index contributed by atoms with van der Waals surface area (Å²) in [6.07, 6.45) is 2.19. The van der Waals surface area contributed by atoms with Crippen molar-refractivity contribution in [1.29, 1.82) is 0 Å². The Balaban J connectivity index is 1.78. The van der Waals surface area contributed by atoms with Crippen LogP contribution in [-0.2, 0) is 6.42 Å². The Hall–Kier alpha value is -3.48. The molecular formula is C19H17N5O2. The number of aryl methyl sites for hydroxylation is 1. The summed E-state index contributed by atoms with van der Waals surface area (Å²) in [5, 5.41) is 14.9. The molecule has 7 nitrogen and oxygen atoms in total. The minimum Gasteiger partial charge on any atom is -0.334 e. The normalized spacial score (nSPS) is 12.7. The van der Waals surface area contributed by atoms with E-state index >= 15 is 0 Å². The maximum atomic E-state index is 11.8. The Morgan fingerprint density at radius 3 is 2.81 bits per heavy atom. The molecule has 7 heteroatoms. The molecule has 26 heavy (non-hydrogen) atoms. The topological polar surface area (TPSA) is 84.2 Å². The van der Waals surface area contributed by atoms with Crippen LogP contribution in [0.2, 0.25) is 0 Å². The van der Waals surface area contributed by atoms with Gasteiger partial charge >= 0.3 is 5.69 Å². The third-order valence-corrected chi connectivity index (χ3v) is 4.41. The van der Waals surface area contributed by atoms with Crippen molar-refractivity contribution in [1.82, 2.24) is 9.97 Å². The number of nitrogens with one attached hydrogen (secondary N) is 1. The van der Waals surface area contributed by atoms with E-state index in [-0.39, 0.29) is 11.5 Å². The number of fused-ring (bicyclic) bond motifs is 1. The first-order valence-corrected chi connectivity index (χ1v) is 8.32. The summed E-state index contributed by atoms with van der Waals surface area (Å²) in [5.41, 5.74) is 3.80. The molecule has 3 aromatic rings. The molecule has 1 aliphatic heterocycles. The number of benzene rings is 2. The Morgan fingerprint density at radius 2 is 2.00 bits per heavy atom. The SMILES string of the molecule is Cc1cccc(Nc2ncnc(N3CCc4ccccc43)c2[N+](=O)[O-])c1. The number of anilines is 4. The molecular weight excluding hydrogens is 330 g/mol. The molecule has 0 bridgehead atoms. The minimum absolute atomic E-state index is 0.120. The van der Waals surface area contributed by atoms with Gasteiger partial charge in [0, 0.05) is 17.9 Å². The molecule has 4 rings (SSSR count). The molecule has 2 heterocycles. The fraction of sp³-hybridized carbons (Fsp3) is 0.158. The summed E-state index contributed by atoms with van der Waals surface area (Å²) in [7, 11) is 0. The summed E-state index contributed by atoms with van der Waals surface area (Å²) in [6.45, 7) is 2.62. The van der Waals surface area contributed by atoms with Gasteiger partial charge in [0.2, 0.25) is 11.6 Å². The van der Waals surface area contributed by atoms with Crippen molar-refractivity contribution in [3.8, 4) is 0 Å². The van der Waals surface area contributed by atoms with Crippen molar-refractivity contribution < 1.29 is 4.92 Å². The number of hydrogen-bond donors (Lipinski definition) is 1. The van der Waals surface area contributed by atoms with Crippen LogP contribution in [-0.4, -0.2) is 21.4 Å². The summed E-state index contributed by atoms with van der Waals surface area (Å²) >= 11 is 0. The summed E-state index contributed by atoms with van der Waals surface area (Å²) < 4.78 is 0. The molecule has 0 unspecified atom stereocenters. The third kappa shape index (κ3) is 2.83. The van der Waals surface area contributed by atoms with Crippen molar-refractivity contribution in [2.24, 2.45) is 0 Å². The highest BCUT2D eigenvalue weighted by atomic mass is 16.6. The van der Waals surface area contributed by atoms with Crippen LogP contribution in [0.1, 0.15) is 11.1 Å². The number of rotatable bonds is 4. The zero-order valence-electron chi connectivity index (χ0n) is 14.2. The second kappa shape index (κ2) is 6.44. The van der Waals surface area contributed by atoms with Crippen LogP contribution in [0, 0.1) is 17.0 Å². The average molecular weight is 347 g/mol. The Morgan fingerprint density at radius 1 is 1.15 bits per heavy atom.